The molecule has 0 saturated heterocycles. The van der Waals surface area contributed by atoms with E-state index in [4.69, 9.17) is 8.83 Å². The van der Waals surface area contributed by atoms with E-state index in [1.165, 1.54) is 153 Å². The molecule has 12 heterocycles. The van der Waals surface area contributed by atoms with Crippen LogP contribution in [0.2, 0.25) is 0 Å². The minimum Gasteiger partial charge on any atom is -0.466 e. The molecule has 6 nitrogen and oxygen atoms in total. The van der Waals surface area contributed by atoms with E-state index in [9.17, 15) is 0 Å². The van der Waals surface area contributed by atoms with E-state index in [1.807, 2.05) is 35.2 Å². The second-order valence-electron chi connectivity index (χ2n) is 26.1. The molecular weight excluding hydrogens is 1060 g/mol. The minimum absolute atomic E-state index is 0.00506. The zero-order chi connectivity index (χ0) is 56.2. The van der Waals surface area contributed by atoms with E-state index >= 15 is 0 Å². The van der Waals surface area contributed by atoms with Gasteiger partial charge in [0.25, 0.3) is 0 Å². The van der Waals surface area contributed by atoms with Crippen molar-refractivity contribution in [2.24, 2.45) is 0 Å². The first-order valence-electron chi connectivity index (χ1n) is 29.4. The molecule has 8 aromatic heterocycles. The lowest BCUT2D eigenvalue weighted by Crippen LogP contribution is -2.24. The molecule has 8 aromatic carbocycles. The summed E-state index contributed by atoms with van der Waals surface area (Å²) in [5.41, 5.74) is 25.2. The van der Waals surface area contributed by atoms with Gasteiger partial charge in [0.05, 0.1) is 90.2 Å². The standard InChI is InChI=1S/C38H28N2O2.C38H28N2S2/c2*1-37(2)27-9-5-7-23-25-19-21(11-13-29(25)39(33(23)27)31-15-17-41-35(31)37)22-12-14-30-26(20-22)24-8-6-10-28-34(24)40(30)32-16-18-42-36(32)38(28,3)4/h2*5-20H,1-4H3. The number of thiophene rings is 2. The Bertz CT molecular complexity index is 4950. The van der Waals surface area contributed by atoms with Gasteiger partial charge in [-0.15, -0.1) is 22.7 Å². The van der Waals surface area contributed by atoms with Crippen molar-refractivity contribution >= 4 is 110 Å². The molecule has 0 spiro atoms. The van der Waals surface area contributed by atoms with E-state index in [0.29, 0.717) is 0 Å². The van der Waals surface area contributed by atoms with Gasteiger partial charge in [0.1, 0.15) is 11.5 Å². The van der Waals surface area contributed by atoms with Gasteiger partial charge in [0.15, 0.2) is 0 Å². The Morgan fingerprint density at radius 2 is 0.595 bits per heavy atom. The first-order chi connectivity index (χ1) is 40.7. The van der Waals surface area contributed by atoms with E-state index in [2.05, 4.69) is 254 Å². The zero-order valence-corrected chi connectivity index (χ0v) is 49.5. The molecule has 4 aliphatic heterocycles. The summed E-state index contributed by atoms with van der Waals surface area (Å²) in [5, 5.41) is 14.9. The SMILES string of the molecule is CC1(C)c2occc2-n2c3ccc(-c4ccc5c(c4)c4cccc6c4n5-c4ccoc4C6(C)C)cc3c3cccc1c32.CC1(C)c2sccc2-n2c3ccc(-c4ccc5c(c4)c4cccc6c4n5-c4ccsc4C6(C)C)cc3c3cccc1c32. The van der Waals surface area contributed by atoms with Crippen LogP contribution in [0, 0.1) is 0 Å². The highest BCUT2D eigenvalue weighted by Gasteiger charge is 2.41. The molecule has 0 aliphatic carbocycles. The highest BCUT2D eigenvalue weighted by molar-refractivity contribution is 7.11. The zero-order valence-electron chi connectivity index (χ0n) is 47.9. The number of furan rings is 2. The normalized spacial score (nSPS) is 16.0. The average Bonchev–Trinajstić information content (AvgIpc) is 1.73. The summed E-state index contributed by atoms with van der Waals surface area (Å²) >= 11 is 3.75. The van der Waals surface area contributed by atoms with Crippen molar-refractivity contribution in [2.75, 3.05) is 0 Å². The van der Waals surface area contributed by atoms with Gasteiger partial charge in [0, 0.05) is 75.8 Å². The quantitative estimate of drug-likeness (QED) is 0.173. The molecule has 4 aliphatic rings. The molecule has 0 saturated carbocycles. The summed E-state index contributed by atoms with van der Waals surface area (Å²) in [6, 6.07) is 64.0. The van der Waals surface area contributed by atoms with Crippen LogP contribution in [0.3, 0.4) is 0 Å². The molecule has 0 atom stereocenters. The van der Waals surface area contributed by atoms with Crippen LogP contribution in [0.5, 0.6) is 0 Å². The molecule has 0 unspecified atom stereocenters. The Labute approximate surface area is 492 Å². The lowest BCUT2D eigenvalue weighted by Gasteiger charge is -2.32. The van der Waals surface area contributed by atoms with E-state index in [1.54, 1.807) is 0 Å². The summed E-state index contributed by atoms with van der Waals surface area (Å²) in [4.78, 5) is 2.89. The maximum atomic E-state index is 6.07. The number of fused-ring (bicyclic) bond motifs is 20. The summed E-state index contributed by atoms with van der Waals surface area (Å²) in [7, 11) is 0. The largest absolute Gasteiger partial charge is 0.466 e. The maximum absolute atomic E-state index is 6.07. The van der Waals surface area contributed by atoms with Crippen LogP contribution < -0.4 is 0 Å². The van der Waals surface area contributed by atoms with E-state index < -0.39 is 0 Å². The van der Waals surface area contributed by atoms with Crippen LogP contribution >= 0.6 is 22.7 Å². The molecule has 404 valence electrons. The number of para-hydroxylation sites is 4. The summed E-state index contributed by atoms with van der Waals surface area (Å²) in [5.74, 6) is 2.04. The van der Waals surface area contributed by atoms with Crippen molar-refractivity contribution in [2.45, 2.75) is 77.0 Å². The molecule has 0 radical (unpaired) electrons. The van der Waals surface area contributed by atoms with Crippen molar-refractivity contribution < 1.29 is 8.83 Å². The Morgan fingerprint density at radius 3 is 0.917 bits per heavy atom. The third-order valence-electron chi connectivity index (χ3n) is 20.3. The molecule has 0 bridgehead atoms. The molecule has 0 fully saturated rings. The summed E-state index contributed by atoms with van der Waals surface area (Å²) in [6.45, 7) is 18.5. The molecule has 0 N–H and O–H groups in total. The first-order valence-corrected chi connectivity index (χ1v) is 31.1. The van der Waals surface area contributed by atoms with E-state index in [-0.39, 0.29) is 21.7 Å². The van der Waals surface area contributed by atoms with Gasteiger partial charge in [-0.1, -0.05) is 125 Å². The van der Waals surface area contributed by atoms with Crippen LogP contribution in [0.15, 0.2) is 202 Å². The third kappa shape index (κ3) is 5.63. The molecule has 84 heavy (non-hydrogen) atoms. The minimum atomic E-state index is -0.198. The predicted molar refractivity (Wildman–Crippen MR) is 350 cm³/mol. The highest BCUT2D eigenvalue weighted by Crippen LogP contribution is 2.54. The highest BCUT2D eigenvalue weighted by atomic mass is 32.1. The van der Waals surface area contributed by atoms with Crippen LogP contribution in [-0.2, 0) is 21.7 Å². The molecule has 8 heteroatoms. The Balaban J connectivity index is 0.000000124. The predicted octanol–water partition coefficient (Wildman–Crippen LogP) is 21.0. The molecule has 0 amide bonds. The average molecular weight is 1120 g/mol. The number of hydrogen-bond acceptors (Lipinski definition) is 4. The van der Waals surface area contributed by atoms with Gasteiger partial charge in [0.2, 0.25) is 0 Å². The van der Waals surface area contributed by atoms with Gasteiger partial charge in [-0.2, -0.15) is 0 Å². The smallest absolute Gasteiger partial charge is 0.137 e. The number of nitrogens with zero attached hydrogens (tertiary/aromatic N) is 4. The summed E-state index contributed by atoms with van der Waals surface area (Å²) < 4.78 is 22.0. The van der Waals surface area contributed by atoms with Gasteiger partial charge >= 0.3 is 0 Å². The van der Waals surface area contributed by atoms with Gasteiger partial charge < -0.3 is 27.1 Å². The lowest BCUT2D eigenvalue weighted by molar-refractivity contribution is 0.425. The topological polar surface area (TPSA) is 46.0 Å². The van der Waals surface area contributed by atoms with Crippen molar-refractivity contribution in [1.82, 2.24) is 18.3 Å². The number of rotatable bonds is 2. The molecular formula is C76H56N4O2S2. The molecule has 16 aromatic rings. The van der Waals surface area contributed by atoms with Crippen LogP contribution in [0.4, 0.5) is 0 Å². The second-order valence-corrected chi connectivity index (χ2v) is 27.9. The van der Waals surface area contributed by atoms with E-state index in [0.717, 1.165) is 22.9 Å². The van der Waals surface area contributed by atoms with Crippen molar-refractivity contribution in [3.63, 3.8) is 0 Å². The number of hydrogen-bond donors (Lipinski definition) is 0. The Hall–Kier alpha value is -9.08. The third-order valence-corrected chi connectivity index (χ3v) is 22.8. The van der Waals surface area contributed by atoms with Crippen LogP contribution in [0.25, 0.3) is 132 Å². The van der Waals surface area contributed by atoms with Crippen molar-refractivity contribution in [1.29, 1.82) is 0 Å². The number of aromatic nitrogens is 4. The van der Waals surface area contributed by atoms with Gasteiger partial charge in [-0.25, -0.2) is 0 Å². The maximum Gasteiger partial charge on any atom is 0.137 e. The Kier molecular flexibility index (Phi) is 8.78. The van der Waals surface area contributed by atoms with Gasteiger partial charge in [-0.05, 0) is 144 Å². The second kappa shape index (κ2) is 15.6. The fraction of sp³-hybridized carbons (Fsp3) is 0.158. The number of benzene rings is 8. The fourth-order valence-corrected chi connectivity index (χ4v) is 18.3. The van der Waals surface area contributed by atoms with Gasteiger partial charge in [-0.3, -0.25) is 0 Å². The van der Waals surface area contributed by atoms with Crippen LogP contribution in [-0.4, -0.2) is 18.3 Å². The van der Waals surface area contributed by atoms with Crippen molar-refractivity contribution in [3.8, 4) is 45.0 Å². The first kappa shape index (κ1) is 47.4. The lowest BCUT2D eigenvalue weighted by atomic mass is 9.79. The monoisotopic (exact) mass is 1120 g/mol. The van der Waals surface area contributed by atoms with Crippen molar-refractivity contribution in [3.05, 3.63) is 237 Å². The molecule has 20 rings (SSSR count). The summed E-state index contributed by atoms with van der Waals surface area (Å²) in [6.07, 6.45) is 3.65. The van der Waals surface area contributed by atoms with Crippen LogP contribution in [0.1, 0.15) is 98.9 Å². The Morgan fingerprint density at radius 1 is 0.298 bits per heavy atom. The fourth-order valence-electron chi connectivity index (χ4n) is 16.3.